The second-order valence-corrected chi connectivity index (χ2v) is 6.12. The highest BCUT2D eigenvalue weighted by Gasteiger charge is 2.11. The first-order valence-corrected chi connectivity index (χ1v) is 8.72. The smallest absolute Gasteiger partial charge is 0.118 e. The van der Waals surface area contributed by atoms with Crippen molar-refractivity contribution in [3.63, 3.8) is 0 Å². The fourth-order valence-corrected chi connectivity index (χ4v) is 2.93. The minimum Gasteiger partial charge on any atom is -0.497 e. The van der Waals surface area contributed by atoms with Gasteiger partial charge in [-0.3, -0.25) is 4.98 Å². The first kappa shape index (κ1) is 17.9. The van der Waals surface area contributed by atoms with Crippen LogP contribution in [0.2, 0.25) is 0 Å². The summed E-state index contributed by atoms with van der Waals surface area (Å²) in [5, 5.41) is 9.11. The number of methoxy groups -OCH3 is 1. The van der Waals surface area contributed by atoms with Gasteiger partial charge in [0.15, 0.2) is 0 Å². The van der Waals surface area contributed by atoms with Crippen molar-refractivity contribution in [1.29, 1.82) is 0 Å². The maximum atomic E-state index is 9.11. The number of benzene rings is 2. The van der Waals surface area contributed by atoms with Crippen molar-refractivity contribution in [3.05, 3.63) is 78.5 Å². The van der Waals surface area contributed by atoms with Crippen molar-refractivity contribution in [2.75, 3.05) is 13.7 Å². The zero-order valence-corrected chi connectivity index (χ0v) is 15.0. The summed E-state index contributed by atoms with van der Waals surface area (Å²) in [4.78, 5) is 4.73. The van der Waals surface area contributed by atoms with E-state index in [1.54, 1.807) is 7.11 Å². The van der Waals surface area contributed by atoms with E-state index in [0.29, 0.717) is 0 Å². The Morgan fingerprint density at radius 1 is 1.04 bits per heavy atom. The van der Waals surface area contributed by atoms with Gasteiger partial charge in [0.1, 0.15) is 5.75 Å². The van der Waals surface area contributed by atoms with Gasteiger partial charge < -0.3 is 9.84 Å². The summed E-state index contributed by atoms with van der Waals surface area (Å²) in [6.07, 6.45) is 5.28. The third-order valence-electron chi connectivity index (χ3n) is 4.39. The van der Waals surface area contributed by atoms with Crippen LogP contribution in [0.1, 0.15) is 17.5 Å². The summed E-state index contributed by atoms with van der Waals surface area (Å²) in [5.41, 5.74) is 6.39. The van der Waals surface area contributed by atoms with Crippen LogP contribution < -0.4 is 4.74 Å². The normalized spacial score (nSPS) is 10.5. The van der Waals surface area contributed by atoms with E-state index in [1.165, 1.54) is 0 Å². The molecule has 0 aliphatic carbocycles. The van der Waals surface area contributed by atoms with Gasteiger partial charge in [0, 0.05) is 23.9 Å². The summed E-state index contributed by atoms with van der Waals surface area (Å²) in [6.45, 7) is 4.00. The number of pyridine rings is 1. The molecule has 3 aromatic rings. The molecule has 0 amide bonds. The van der Waals surface area contributed by atoms with E-state index in [2.05, 4.69) is 36.9 Å². The molecule has 1 heterocycles. The molecule has 0 radical (unpaired) electrons. The van der Waals surface area contributed by atoms with Gasteiger partial charge in [0.2, 0.25) is 0 Å². The average molecular weight is 345 g/mol. The average Bonchev–Trinajstić information content (AvgIpc) is 2.72. The summed E-state index contributed by atoms with van der Waals surface area (Å²) >= 11 is 0. The van der Waals surface area contributed by atoms with Crippen LogP contribution >= 0.6 is 0 Å². The van der Waals surface area contributed by atoms with Crippen LogP contribution in [0.5, 0.6) is 5.75 Å². The van der Waals surface area contributed by atoms with Crippen molar-refractivity contribution >= 4 is 6.08 Å². The van der Waals surface area contributed by atoms with E-state index >= 15 is 0 Å². The van der Waals surface area contributed by atoms with E-state index in [-0.39, 0.29) is 6.61 Å². The zero-order chi connectivity index (χ0) is 18.4. The molecule has 1 N–H and O–H groups in total. The number of nitrogens with zero attached hydrogens (tertiary/aromatic N) is 1. The predicted molar refractivity (Wildman–Crippen MR) is 107 cm³/mol. The van der Waals surface area contributed by atoms with Crippen molar-refractivity contribution in [3.8, 4) is 28.1 Å². The number of aliphatic hydroxyl groups excluding tert-OH is 1. The Hall–Kier alpha value is -2.91. The Morgan fingerprint density at radius 2 is 1.73 bits per heavy atom. The maximum absolute atomic E-state index is 9.11. The Kier molecular flexibility index (Phi) is 5.82. The molecule has 0 fully saturated rings. The first-order valence-electron chi connectivity index (χ1n) is 8.72. The standard InChI is InChI=1S/C23H23NO2/c1-3-17-6-8-19(9-7-17)22-15-18(5-4-14-25)16-24-23(22)20-10-12-21(26-2)13-11-20/h3,6-13,15-16,25H,1,4-5,14H2,2H3. The molecule has 3 heteroatoms. The van der Waals surface area contributed by atoms with Gasteiger partial charge in [-0.15, -0.1) is 0 Å². The molecule has 0 bridgehead atoms. The van der Waals surface area contributed by atoms with Crippen LogP contribution in [-0.2, 0) is 6.42 Å². The Morgan fingerprint density at radius 3 is 2.35 bits per heavy atom. The Bertz CT molecular complexity index is 868. The van der Waals surface area contributed by atoms with Crippen LogP contribution in [0.15, 0.2) is 67.4 Å². The third kappa shape index (κ3) is 4.01. The van der Waals surface area contributed by atoms with Gasteiger partial charge in [-0.25, -0.2) is 0 Å². The van der Waals surface area contributed by atoms with E-state index in [4.69, 9.17) is 14.8 Å². The molecule has 0 unspecified atom stereocenters. The fraction of sp³-hybridized carbons (Fsp3) is 0.174. The minimum absolute atomic E-state index is 0.184. The van der Waals surface area contributed by atoms with Crippen LogP contribution in [0, 0.1) is 0 Å². The number of rotatable bonds is 7. The lowest BCUT2D eigenvalue weighted by Gasteiger charge is -2.12. The van der Waals surface area contributed by atoms with Crippen molar-refractivity contribution in [2.24, 2.45) is 0 Å². The number of aliphatic hydroxyl groups is 1. The third-order valence-corrected chi connectivity index (χ3v) is 4.39. The van der Waals surface area contributed by atoms with E-state index in [0.717, 1.165) is 52.1 Å². The van der Waals surface area contributed by atoms with Crippen molar-refractivity contribution < 1.29 is 9.84 Å². The molecular weight excluding hydrogens is 322 g/mol. The van der Waals surface area contributed by atoms with Crippen LogP contribution in [-0.4, -0.2) is 23.8 Å². The lowest BCUT2D eigenvalue weighted by atomic mass is 9.96. The molecule has 26 heavy (non-hydrogen) atoms. The zero-order valence-electron chi connectivity index (χ0n) is 15.0. The lowest BCUT2D eigenvalue weighted by molar-refractivity contribution is 0.288. The Balaban J connectivity index is 2.07. The molecule has 0 aliphatic heterocycles. The number of hydrogen-bond donors (Lipinski definition) is 1. The Labute approximate surface area is 154 Å². The monoisotopic (exact) mass is 345 g/mol. The summed E-state index contributed by atoms with van der Waals surface area (Å²) in [5.74, 6) is 0.824. The molecular formula is C23H23NO2. The fourth-order valence-electron chi connectivity index (χ4n) is 2.93. The molecule has 132 valence electrons. The summed E-state index contributed by atoms with van der Waals surface area (Å²) in [6, 6.07) is 18.4. The van der Waals surface area contributed by atoms with Crippen molar-refractivity contribution in [2.45, 2.75) is 12.8 Å². The number of aryl methyl sites for hydroxylation is 1. The molecule has 3 nitrogen and oxygen atoms in total. The molecule has 0 spiro atoms. The van der Waals surface area contributed by atoms with Gasteiger partial charge in [-0.2, -0.15) is 0 Å². The molecule has 3 rings (SSSR count). The second-order valence-electron chi connectivity index (χ2n) is 6.12. The van der Waals surface area contributed by atoms with Gasteiger partial charge >= 0.3 is 0 Å². The van der Waals surface area contributed by atoms with Crippen LogP contribution in [0.3, 0.4) is 0 Å². The lowest BCUT2D eigenvalue weighted by Crippen LogP contribution is -1.96. The highest BCUT2D eigenvalue weighted by molar-refractivity contribution is 5.81. The predicted octanol–water partition coefficient (Wildman–Crippen LogP) is 4.99. The van der Waals surface area contributed by atoms with E-state index in [9.17, 15) is 0 Å². The topological polar surface area (TPSA) is 42.4 Å². The van der Waals surface area contributed by atoms with Crippen LogP contribution in [0.25, 0.3) is 28.5 Å². The van der Waals surface area contributed by atoms with Crippen molar-refractivity contribution in [1.82, 2.24) is 4.98 Å². The molecule has 2 aromatic carbocycles. The van der Waals surface area contributed by atoms with E-state index < -0.39 is 0 Å². The molecule has 0 saturated heterocycles. The second kappa shape index (κ2) is 8.45. The quantitative estimate of drug-likeness (QED) is 0.656. The number of ether oxygens (including phenoxy) is 1. The van der Waals surface area contributed by atoms with Crippen LogP contribution in [0.4, 0.5) is 0 Å². The number of aromatic nitrogens is 1. The molecule has 0 saturated carbocycles. The molecule has 1 aromatic heterocycles. The SMILES string of the molecule is C=Cc1ccc(-c2cc(CCCO)cnc2-c2ccc(OC)cc2)cc1. The molecule has 0 atom stereocenters. The molecule has 0 aliphatic rings. The van der Waals surface area contributed by atoms with Gasteiger partial charge in [-0.05, 0) is 59.9 Å². The highest BCUT2D eigenvalue weighted by Crippen LogP contribution is 2.32. The summed E-state index contributed by atoms with van der Waals surface area (Å²) < 4.78 is 5.26. The highest BCUT2D eigenvalue weighted by atomic mass is 16.5. The minimum atomic E-state index is 0.184. The van der Waals surface area contributed by atoms with Gasteiger partial charge in [0.25, 0.3) is 0 Å². The number of hydrogen-bond acceptors (Lipinski definition) is 3. The van der Waals surface area contributed by atoms with Gasteiger partial charge in [0.05, 0.1) is 12.8 Å². The largest absolute Gasteiger partial charge is 0.497 e. The maximum Gasteiger partial charge on any atom is 0.118 e. The van der Waals surface area contributed by atoms with E-state index in [1.807, 2.05) is 36.5 Å². The first-order chi connectivity index (χ1) is 12.7. The van der Waals surface area contributed by atoms with Gasteiger partial charge in [-0.1, -0.05) is 36.9 Å². The summed E-state index contributed by atoms with van der Waals surface area (Å²) in [7, 11) is 1.66.